The van der Waals surface area contributed by atoms with E-state index in [2.05, 4.69) is 13.4 Å². The molecule has 0 aromatic carbocycles. The normalized spacial score (nSPS) is 39.1. The Bertz CT molecular complexity index is 1110. The molecular formula is C15H24N2O16P2. The number of aromatic amines is 1. The van der Waals surface area contributed by atoms with Gasteiger partial charge in [0.05, 0.1) is 12.7 Å². The van der Waals surface area contributed by atoms with Crippen LogP contribution < -0.4 is 11.2 Å². The van der Waals surface area contributed by atoms with Crippen LogP contribution in [0.3, 0.4) is 0 Å². The van der Waals surface area contributed by atoms with Crippen molar-refractivity contribution in [3.8, 4) is 0 Å². The molecule has 20 heteroatoms. The Balaban J connectivity index is 1.61. The van der Waals surface area contributed by atoms with E-state index in [4.69, 9.17) is 9.47 Å². The van der Waals surface area contributed by atoms with Crippen LogP contribution >= 0.6 is 15.6 Å². The molecule has 0 bridgehead atoms. The number of nitrogens with one attached hydrogen (secondary N) is 1. The molecule has 0 amide bonds. The van der Waals surface area contributed by atoms with E-state index in [-0.39, 0.29) is 0 Å². The summed E-state index contributed by atoms with van der Waals surface area (Å²) in [6.07, 6.45) is -14.2. The Morgan fingerprint density at radius 3 is 2.26 bits per heavy atom. The van der Waals surface area contributed by atoms with Gasteiger partial charge in [0.1, 0.15) is 36.6 Å². The highest BCUT2D eigenvalue weighted by Gasteiger charge is 2.49. The number of rotatable bonds is 8. The summed E-state index contributed by atoms with van der Waals surface area (Å²) in [5.74, 6) is 0. The SMILES string of the molecule is C[C@H]1O[C@@H](OP(=O)(O)OP(=O)(O)OC[C@H]2O[C@@H](n3ccc(=O)[nH]c3=O)[C@H](O)[C@@H]2O)[C@H](O)[C@@H](O)[C@H]1O. The van der Waals surface area contributed by atoms with E-state index < -0.39 is 88.7 Å². The van der Waals surface area contributed by atoms with Crippen molar-refractivity contribution in [3.63, 3.8) is 0 Å². The summed E-state index contributed by atoms with van der Waals surface area (Å²) in [4.78, 5) is 44.5. The van der Waals surface area contributed by atoms with E-state index in [1.807, 2.05) is 4.98 Å². The smallest absolute Gasteiger partial charge is 0.388 e. The van der Waals surface area contributed by atoms with Crippen molar-refractivity contribution in [1.82, 2.24) is 9.55 Å². The Morgan fingerprint density at radius 2 is 1.63 bits per heavy atom. The van der Waals surface area contributed by atoms with Gasteiger partial charge in [-0.05, 0) is 6.92 Å². The van der Waals surface area contributed by atoms with E-state index in [0.717, 1.165) is 16.8 Å². The van der Waals surface area contributed by atoms with Crippen molar-refractivity contribution in [2.75, 3.05) is 6.61 Å². The van der Waals surface area contributed by atoms with Crippen LogP contribution in [0.25, 0.3) is 0 Å². The Hall–Kier alpha value is -1.34. The second kappa shape index (κ2) is 10.6. The summed E-state index contributed by atoms with van der Waals surface area (Å²) in [6, 6.07) is 0.940. The van der Waals surface area contributed by atoms with Gasteiger partial charge in [0.2, 0.25) is 0 Å². The number of ether oxygens (including phenoxy) is 2. The lowest BCUT2D eigenvalue weighted by atomic mass is 10.0. The molecule has 18 nitrogen and oxygen atoms in total. The monoisotopic (exact) mass is 550 g/mol. The number of nitrogens with zero attached hydrogens (tertiary/aromatic N) is 1. The number of phosphoric acid groups is 2. The third-order valence-corrected chi connectivity index (χ3v) is 7.72. The topological polar surface area (TPSA) is 277 Å². The Kier molecular flexibility index (Phi) is 8.52. The lowest BCUT2D eigenvalue weighted by molar-refractivity contribution is -0.271. The van der Waals surface area contributed by atoms with Gasteiger partial charge in [0.25, 0.3) is 5.56 Å². The number of aromatic nitrogens is 2. The average Bonchev–Trinajstić information content (AvgIpc) is 3.02. The number of hydrogen-bond donors (Lipinski definition) is 8. The molecule has 2 unspecified atom stereocenters. The molecule has 11 atom stereocenters. The maximum absolute atomic E-state index is 12.1. The molecule has 2 aliphatic rings. The van der Waals surface area contributed by atoms with Gasteiger partial charge in [-0.3, -0.25) is 23.4 Å². The molecule has 2 aliphatic heterocycles. The molecule has 8 N–H and O–H groups in total. The molecule has 2 fully saturated rings. The van der Waals surface area contributed by atoms with Crippen LogP contribution in [-0.4, -0.2) is 100 Å². The Labute approximate surface area is 195 Å². The van der Waals surface area contributed by atoms with Crippen molar-refractivity contribution < 1.29 is 67.3 Å². The van der Waals surface area contributed by atoms with Crippen molar-refractivity contribution >= 4 is 15.6 Å². The minimum atomic E-state index is -5.50. The van der Waals surface area contributed by atoms with Crippen molar-refractivity contribution in [1.29, 1.82) is 0 Å². The second-order valence-corrected chi connectivity index (χ2v) is 10.7. The van der Waals surface area contributed by atoms with Crippen molar-refractivity contribution in [2.45, 2.75) is 62.2 Å². The minimum Gasteiger partial charge on any atom is -0.388 e. The van der Waals surface area contributed by atoms with Gasteiger partial charge in [-0.15, -0.1) is 0 Å². The van der Waals surface area contributed by atoms with E-state index in [1.165, 1.54) is 6.92 Å². The summed E-state index contributed by atoms with van der Waals surface area (Å²) >= 11 is 0. The standard InChI is InChI=1S/C15H24N2O16P2/c1-5-8(19)10(21)12(23)14(30-5)32-35(27,28)33-34(25,26)29-4-6-9(20)11(22)13(31-6)17-3-2-7(18)16-15(17)24/h2-3,5-6,8-14,19-23H,4H2,1H3,(H,25,26)(H,27,28)(H,16,18,24)/t5-,6-,8+,9-,10+,11-,12-,13-,14+/m1/s1. The predicted molar refractivity (Wildman–Crippen MR) is 107 cm³/mol. The molecular weight excluding hydrogens is 526 g/mol. The quantitative estimate of drug-likeness (QED) is 0.144. The maximum atomic E-state index is 12.1. The summed E-state index contributed by atoms with van der Waals surface area (Å²) in [6.45, 7) is 0.250. The van der Waals surface area contributed by atoms with Crippen LogP contribution in [0.2, 0.25) is 0 Å². The number of hydrogen-bond acceptors (Lipinski definition) is 14. The minimum absolute atomic E-state index is 0.737. The largest absolute Gasteiger partial charge is 0.483 e. The molecule has 0 aliphatic carbocycles. The first-order valence-corrected chi connectivity index (χ1v) is 12.8. The number of phosphoric ester groups is 2. The zero-order chi connectivity index (χ0) is 26.3. The lowest BCUT2D eigenvalue weighted by Gasteiger charge is -2.38. The highest BCUT2D eigenvalue weighted by Crippen LogP contribution is 2.61. The average molecular weight is 550 g/mol. The van der Waals surface area contributed by atoms with Gasteiger partial charge in [0, 0.05) is 12.3 Å². The van der Waals surface area contributed by atoms with Crippen LogP contribution in [-0.2, 0) is 32.0 Å². The summed E-state index contributed by atoms with van der Waals surface area (Å²) in [5, 5.41) is 49.4. The number of H-pyrrole nitrogens is 1. The second-order valence-electron chi connectivity index (χ2n) is 7.66. The van der Waals surface area contributed by atoms with E-state index in [1.54, 1.807) is 0 Å². The third-order valence-electron chi connectivity index (χ3n) is 5.12. The van der Waals surface area contributed by atoms with Crippen molar-refractivity contribution in [3.05, 3.63) is 33.1 Å². The van der Waals surface area contributed by atoms with Crippen LogP contribution in [0.1, 0.15) is 13.2 Å². The van der Waals surface area contributed by atoms with Gasteiger partial charge in [-0.1, -0.05) is 0 Å². The molecule has 0 saturated carbocycles. The first kappa shape index (κ1) is 28.2. The van der Waals surface area contributed by atoms with Crippen LogP contribution in [0, 0.1) is 0 Å². The maximum Gasteiger partial charge on any atom is 0.483 e. The fourth-order valence-corrected chi connectivity index (χ4v) is 5.45. The number of aliphatic hydroxyl groups is 5. The van der Waals surface area contributed by atoms with Crippen molar-refractivity contribution in [2.24, 2.45) is 0 Å². The van der Waals surface area contributed by atoms with E-state index in [9.17, 15) is 54.0 Å². The molecule has 1 aromatic rings. The zero-order valence-electron chi connectivity index (χ0n) is 17.7. The summed E-state index contributed by atoms with van der Waals surface area (Å²) in [5.41, 5.74) is -1.72. The molecule has 35 heavy (non-hydrogen) atoms. The lowest BCUT2D eigenvalue weighted by Crippen LogP contribution is -2.57. The molecule has 0 radical (unpaired) electrons. The van der Waals surface area contributed by atoms with Crippen LogP contribution in [0.15, 0.2) is 21.9 Å². The molecule has 1 aromatic heterocycles. The zero-order valence-corrected chi connectivity index (χ0v) is 19.5. The third kappa shape index (κ3) is 6.51. The van der Waals surface area contributed by atoms with Crippen LogP contribution in [0.4, 0.5) is 0 Å². The first-order valence-electron chi connectivity index (χ1n) is 9.84. The predicted octanol–water partition coefficient (Wildman–Crippen LogP) is -3.77. The fourth-order valence-electron chi connectivity index (χ4n) is 3.30. The van der Waals surface area contributed by atoms with Gasteiger partial charge in [0.15, 0.2) is 12.5 Å². The highest BCUT2D eigenvalue weighted by atomic mass is 31.3. The number of aliphatic hydroxyl groups excluding tert-OH is 5. The molecule has 0 spiro atoms. The molecule has 3 rings (SSSR count). The van der Waals surface area contributed by atoms with E-state index >= 15 is 0 Å². The van der Waals surface area contributed by atoms with Gasteiger partial charge < -0.3 is 44.8 Å². The fraction of sp³-hybridized carbons (Fsp3) is 0.733. The van der Waals surface area contributed by atoms with Gasteiger partial charge >= 0.3 is 21.3 Å². The first-order chi connectivity index (χ1) is 16.1. The van der Waals surface area contributed by atoms with Gasteiger partial charge in [-0.25, -0.2) is 13.9 Å². The highest BCUT2D eigenvalue weighted by molar-refractivity contribution is 7.61. The van der Waals surface area contributed by atoms with Crippen LogP contribution in [0.5, 0.6) is 0 Å². The summed E-state index contributed by atoms with van der Waals surface area (Å²) in [7, 11) is -10.9. The van der Waals surface area contributed by atoms with Gasteiger partial charge in [-0.2, -0.15) is 4.31 Å². The molecule has 2 saturated heterocycles. The molecule has 3 heterocycles. The Morgan fingerprint density at radius 1 is 0.971 bits per heavy atom. The van der Waals surface area contributed by atoms with E-state index in [0.29, 0.717) is 0 Å². The molecule has 200 valence electrons. The summed E-state index contributed by atoms with van der Waals surface area (Å²) < 4.78 is 48.3.